The first-order chi connectivity index (χ1) is 10.4. The van der Waals surface area contributed by atoms with Crippen LogP contribution in [0.2, 0.25) is 0 Å². The van der Waals surface area contributed by atoms with Crippen LogP contribution in [-0.4, -0.2) is 41.6 Å². The molecule has 0 aliphatic rings. The van der Waals surface area contributed by atoms with Crippen molar-refractivity contribution in [2.75, 3.05) is 13.7 Å². The summed E-state index contributed by atoms with van der Waals surface area (Å²) < 4.78 is 5.11. The number of carboxylic acids is 1. The maximum Gasteiger partial charge on any atom is 0.305 e. The number of carbonyl (C=O) groups excluding carboxylic acids is 1. The predicted molar refractivity (Wildman–Crippen MR) is 85.0 cm³/mol. The van der Waals surface area contributed by atoms with Crippen molar-refractivity contribution in [3.8, 4) is 5.75 Å². The van der Waals surface area contributed by atoms with Crippen LogP contribution in [0.5, 0.6) is 5.75 Å². The second-order valence-corrected chi connectivity index (χ2v) is 5.53. The first-order valence-corrected chi connectivity index (χ1v) is 7.58. The second-order valence-electron chi connectivity index (χ2n) is 5.53. The Bertz CT molecular complexity index is 482. The predicted octanol–water partition coefficient (Wildman–Crippen LogP) is 2.73. The van der Waals surface area contributed by atoms with Crippen LogP contribution in [0.3, 0.4) is 0 Å². The van der Waals surface area contributed by atoms with Crippen molar-refractivity contribution in [2.24, 2.45) is 0 Å². The van der Waals surface area contributed by atoms with Gasteiger partial charge in [-0.1, -0.05) is 12.1 Å². The highest BCUT2D eigenvalue weighted by atomic mass is 16.5. The highest BCUT2D eigenvalue weighted by Gasteiger charge is 2.17. The van der Waals surface area contributed by atoms with Crippen molar-refractivity contribution in [1.29, 1.82) is 0 Å². The Labute approximate surface area is 131 Å². The third-order valence-corrected chi connectivity index (χ3v) is 3.53. The molecular formula is C17H25NO4. The zero-order valence-electron chi connectivity index (χ0n) is 13.5. The summed E-state index contributed by atoms with van der Waals surface area (Å²) in [5.41, 5.74) is 1.16. The fourth-order valence-electron chi connectivity index (χ4n) is 2.27. The van der Waals surface area contributed by atoms with Crippen molar-refractivity contribution >= 4 is 11.9 Å². The van der Waals surface area contributed by atoms with Gasteiger partial charge in [0.05, 0.1) is 13.5 Å². The monoisotopic (exact) mass is 307 g/mol. The van der Waals surface area contributed by atoms with E-state index in [0.29, 0.717) is 6.42 Å². The van der Waals surface area contributed by atoms with E-state index in [4.69, 9.17) is 9.84 Å². The number of amides is 1. The third-order valence-electron chi connectivity index (χ3n) is 3.53. The van der Waals surface area contributed by atoms with Crippen molar-refractivity contribution in [3.05, 3.63) is 29.8 Å². The first kappa shape index (κ1) is 18.0. The number of hydrogen-bond acceptors (Lipinski definition) is 3. The zero-order valence-corrected chi connectivity index (χ0v) is 13.5. The van der Waals surface area contributed by atoms with Gasteiger partial charge in [-0.25, -0.2) is 0 Å². The molecule has 1 rings (SSSR count). The lowest BCUT2D eigenvalue weighted by atomic mass is 10.1. The number of aryl methyl sites for hydroxylation is 1. The molecule has 0 aliphatic heterocycles. The molecule has 0 spiro atoms. The highest BCUT2D eigenvalue weighted by Crippen LogP contribution is 2.14. The van der Waals surface area contributed by atoms with Crippen molar-refractivity contribution in [1.82, 2.24) is 4.90 Å². The molecule has 0 atom stereocenters. The van der Waals surface area contributed by atoms with Crippen LogP contribution in [-0.2, 0) is 16.0 Å². The number of benzene rings is 1. The SMILES string of the molecule is COc1ccc(CCCC(=O)N(CCC(=O)O)C(C)C)cc1. The lowest BCUT2D eigenvalue weighted by molar-refractivity contribution is -0.139. The number of nitrogens with zero attached hydrogens (tertiary/aromatic N) is 1. The highest BCUT2D eigenvalue weighted by molar-refractivity contribution is 5.77. The molecule has 5 nitrogen and oxygen atoms in total. The fraction of sp³-hybridized carbons (Fsp3) is 0.529. The molecular weight excluding hydrogens is 282 g/mol. The summed E-state index contributed by atoms with van der Waals surface area (Å²) in [6.07, 6.45) is 1.99. The number of carbonyl (C=O) groups is 2. The lowest BCUT2D eigenvalue weighted by Crippen LogP contribution is -2.38. The summed E-state index contributed by atoms with van der Waals surface area (Å²) in [5, 5.41) is 8.75. The van der Waals surface area contributed by atoms with Crippen LogP contribution < -0.4 is 4.74 Å². The van der Waals surface area contributed by atoms with E-state index in [-0.39, 0.29) is 24.9 Å². The maximum absolute atomic E-state index is 12.2. The van der Waals surface area contributed by atoms with Crippen LogP contribution in [0.25, 0.3) is 0 Å². The lowest BCUT2D eigenvalue weighted by Gasteiger charge is -2.26. The fourth-order valence-corrected chi connectivity index (χ4v) is 2.27. The molecule has 1 aromatic rings. The smallest absolute Gasteiger partial charge is 0.305 e. The van der Waals surface area contributed by atoms with E-state index in [1.54, 1.807) is 12.0 Å². The van der Waals surface area contributed by atoms with Gasteiger partial charge in [-0.3, -0.25) is 9.59 Å². The van der Waals surface area contributed by atoms with Crippen LogP contribution in [0.15, 0.2) is 24.3 Å². The van der Waals surface area contributed by atoms with E-state index < -0.39 is 5.97 Å². The Kier molecular flexibility index (Phi) is 7.43. The molecule has 122 valence electrons. The minimum atomic E-state index is -0.878. The molecule has 0 bridgehead atoms. The first-order valence-electron chi connectivity index (χ1n) is 7.58. The summed E-state index contributed by atoms with van der Waals surface area (Å²) in [7, 11) is 1.63. The normalized spacial score (nSPS) is 10.5. The standard InChI is InChI=1S/C17H25NO4/c1-13(2)18(12-11-17(20)21)16(19)6-4-5-14-7-9-15(22-3)10-8-14/h7-10,13H,4-6,11-12H2,1-3H3,(H,20,21). The summed E-state index contributed by atoms with van der Waals surface area (Å²) in [5.74, 6) is -0.0408. The second kappa shape index (κ2) is 9.07. The molecule has 0 radical (unpaired) electrons. The van der Waals surface area contributed by atoms with E-state index in [2.05, 4.69) is 0 Å². The summed E-state index contributed by atoms with van der Waals surface area (Å²) in [4.78, 5) is 24.5. The van der Waals surface area contributed by atoms with Crippen molar-refractivity contribution < 1.29 is 19.4 Å². The number of methoxy groups -OCH3 is 1. The Hall–Kier alpha value is -2.04. The van der Waals surface area contributed by atoms with Gasteiger partial charge in [-0.15, -0.1) is 0 Å². The molecule has 1 amide bonds. The van der Waals surface area contributed by atoms with Crippen molar-refractivity contribution in [2.45, 2.75) is 45.6 Å². The van der Waals surface area contributed by atoms with Gasteiger partial charge in [-0.05, 0) is 44.4 Å². The average molecular weight is 307 g/mol. The van der Waals surface area contributed by atoms with Gasteiger partial charge < -0.3 is 14.7 Å². The van der Waals surface area contributed by atoms with E-state index in [1.807, 2.05) is 38.1 Å². The quantitative estimate of drug-likeness (QED) is 0.762. The van der Waals surface area contributed by atoms with Crippen LogP contribution >= 0.6 is 0 Å². The van der Waals surface area contributed by atoms with Crippen molar-refractivity contribution in [3.63, 3.8) is 0 Å². The molecule has 0 aromatic heterocycles. The molecule has 0 unspecified atom stereocenters. The summed E-state index contributed by atoms with van der Waals surface area (Å²) in [6.45, 7) is 4.08. The third kappa shape index (κ3) is 6.16. The molecule has 0 heterocycles. The number of aliphatic carboxylic acids is 1. The Morgan fingerprint density at radius 3 is 2.32 bits per heavy atom. The molecule has 1 N–H and O–H groups in total. The molecule has 0 saturated heterocycles. The van der Waals surface area contributed by atoms with Gasteiger partial charge in [0.1, 0.15) is 5.75 Å². The Morgan fingerprint density at radius 2 is 1.82 bits per heavy atom. The van der Waals surface area contributed by atoms with E-state index in [9.17, 15) is 9.59 Å². The van der Waals surface area contributed by atoms with Gasteiger partial charge in [-0.2, -0.15) is 0 Å². The minimum absolute atomic E-state index is 0.0115. The number of rotatable bonds is 9. The van der Waals surface area contributed by atoms with Gasteiger partial charge in [0.25, 0.3) is 0 Å². The van der Waals surface area contributed by atoms with E-state index in [1.165, 1.54) is 0 Å². The minimum Gasteiger partial charge on any atom is -0.497 e. The number of hydrogen-bond donors (Lipinski definition) is 1. The maximum atomic E-state index is 12.2. The average Bonchev–Trinajstić information content (AvgIpc) is 2.47. The van der Waals surface area contributed by atoms with E-state index >= 15 is 0 Å². The van der Waals surface area contributed by atoms with Gasteiger partial charge >= 0.3 is 5.97 Å². The van der Waals surface area contributed by atoms with Crippen LogP contribution in [0.4, 0.5) is 0 Å². The molecule has 0 aliphatic carbocycles. The number of ether oxygens (including phenoxy) is 1. The van der Waals surface area contributed by atoms with E-state index in [0.717, 1.165) is 24.2 Å². The van der Waals surface area contributed by atoms with Gasteiger partial charge in [0, 0.05) is 19.0 Å². The Balaban J connectivity index is 2.43. The summed E-state index contributed by atoms with van der Waals surface area (Å²) >= 11 is 0. The Morgan fingerprint density at radius 1 is 1.18 bits per heavy atom. The topological polar surface area (TPSA) is 66.8 Å². The zero-order chi connectivity index (χ0) is 16.5. The molecule has 1 aromatic carbocycles. The van der Waals surface area contributed by atoms with Crippen LogP contribution in [0.1, 0.15) is 38.7 Å². The largest absolute Gasteiger partial charge is 0.497 e. The molecule has 22 heavy (non-hydrogen) atoms. The molecule has 0 saturated carbocycles. The number of carboxylic acid groups (broad SMARTS) is 1. The van der Waals surface area contributed by atoms with Gasteiger partial charge in [0.15, 0.2) is 0 Å². The van der Waals surface area contributed by atoms with Crippen LogP contribution in [0, 0.1) is 0 Å². The summed E-state index contributed by atoms with van der Waals surface area (Å²) in [6, 6.07) is 7.82. The van der Waals surface area contributed by atoms with Gasteiger partial charge in [0.2, 0.25) is 5.91 Å². The molecule has 5 heteroatoms. The molecule has 0 fully saturated rings.